The van der Waals surface area contributed by atoms with Crippen molar-refractivity contribution in [3.8, 4) is 11.1 Å². The molecule has 0 spiro atoms. The van der Waals surface area contributed by atoms with Gasteiger partial charge in [-0.15, -0.1) is 0 Å². The van der Waals surface area contributed by atoms with E-state index in [0.29, 0.717) is 19.4 Å². The van der Waals surface area contributed by atoms with Crippen LogP contribution in [0.25, 0.3) is 11.1 Å². The molecular formula is C28H34N2O5. The second-order valence-corrected chi connectivity index (χ2v) is 10.0. The molecule has 2 aliphatic rings. The van der Waals surface area contributed by atoms with Gasteiger partial charge in [-0.3, -0.25) is 9.59 Å². The lowest BCUT2D eigenvalue weighted by atomic mass is 9.91. The van der Waals surface area contributed by atoms with Crippen LogP contribution in [0.5, 0.6) is 0 Å². The number of rotatable bonds is 7. The Kier molecular flexibility index (Phi) is 7.43. The van der Waals surface area contributed by atoms with Gasteiger partial charge < -0.3 is 20.1 Å². The number of carbonyl (C=O) groups is 3. The van der Waals surface area contributed by atoms with Crippen LogP contribution in [-0.4, -0.2) is 53.2 Å². The molecule has 0 bridgehead atoms. The number of aliphatic carboxylic acids is 1. The molecule has 1 aliphatic heterocycles. The summed E-state index contributed by atoms with van der Waals surface area (Å²) in [7, 11) is 0. The number of likely N-dealkylation sites (tertiary alicyclic amines) is 1. The molecule has 0 saturated carbocycles. The fourth-order valence-electron chi connectivity index (χ4n) is 5.32. The van der Waals surface area contributed by atoms with Crippen LogP contribution in [0.2, 0.25) is 0 Å². The predicted molar refractivity (Wildman–Crippen MR) is 133 cm³/mol. The molecule has 1 fully saturated rings. The fraction of sp³-hybridized carbons (Fsp3) is 0.464. The number of benzene rings is 2. The Balaban J connectivity index is 1.35. The number of amides is 2. The topological polar surface area (TPSA) is 95.9 Å². The van der Waals surface area contributed by atoms with Crippen molar-refractivity contribution in [1.82, 2.24) is 10.2 Å². The highest BCUT2D eigenvalue weighted by molar-refractivity contribution is 5.80. The van der Waals surface area contributed by atoms with E-state index in [2.05, 4.69) is 29.6 Å². The summed E-state index contributed by atoms with van der Waals surface area (Å²) >= 11 is 0. The average molecular weight is 479 g/mol. The van der Waals surface area contributed by atoms with Gasteiger partial charge >= 0.3 is 12.1 Å². The molecule has 35 heavy (non-hydrogen) atoms. The van der Waals surface area contributed by atoms with Gasteiger partial charge in [0.15, 0.2) is 0 Å². The van der Waals surface area contributed by atoms with Crippen molar-refractivity contribution < 1.29 is 24.2 Å². The summed E-state index contributed by atoms with van der Waals surface area (Å²) < 4.78 is 5.67. The minimum absolute atomic E-state index is 0.0244. The van der Waals surface area contributed by atoms with Crippen LogP contribution < -0.4 is 5.32 Å². The third kappa shape index (κ3) is 5.34. The molecule has 4 rings (SSSR count). The van der Waals surface area contributed by atoms with Gasteiger partial charge in [-0.2, -0.15) is 0 Å². The number of nitrogens with zero attached hydrogens (tertiary/aromatic N) is 1. The fourth-order valence-corrected chi connectivity index (χ4v) is 5.32. The minimum atomic E-state index is -0.805. The van der Waals surface area contributed by atoms with Gasteiger partial charge in [-0.1, -0.05) is 62.4 Å². The van der Waals surface area contributed by atoms with Crippen molar-refractivity contribution in [1.29, 1.82) is 0 Å². The second-order valence-electron chi connectivity index (χ2n) is 10.0. The van der Waals surface area contributed by atoms with E-state index in [0.717, 1.165) is 11.1 Å². The number of piperidine rings is 1. The number of carboxylic acid groups (broad SMARTS) is 1. The van der Waals surface area contributed by atoms with Gasteiger partial charge in [-0.25, -0.2) is 4.79 Å². The lowest BCUT2D eigenvalue weighted by Gasteiger charge is -2.37. The van der Waals surface area contributed by atoms with E-state index < -0.39 is 18.0 Å². The van der Waals surface area contributed by atoms with Crippen LogP contribution >= 0.6 is 0 Å². The maximum Gasteiger partial charge on any atom is 0.407 e. The highest BCUT2D eigenvalue weighted by Gasteiger charge is 2.34. The lowest BCUT2D eigenvalue weighted by Crippen LogP contribution is -2.49. The van der Waals surface area contributed by atoms with Crippen LogP contribution in [0.3, 0.4) is 0 Å². The van der Waals surface area contributed by atoms with Gasteiger partial charge in [0.2, 0.25) is 5.91 Å². The van der Waals surface area contributed by atoms with Crippen molar-refractivity contribution >= 4 is 18.0 Å². The van der Waals surface area contributed by atoms with E-state index >= 15 is 0 Å². The summed E-state index contributed by atoms with van der Waals surface area (Å²) in [6.07, 6.45) is 0.533. The largest absolute Gasteiger partial charge is 0.481 e. The number of carbonyl (C=O) groups excluding carboxylic acids is 2. The molecular weight excluding hydrogens is 444 g/mol. The molecule has 2 unspecified atom stereocenters. The molecule has 1 aliphatic carbocycles. The Morgan fingerprint density at radius 2 is 1.66 bits per heavy atom. The average Bonchev–Trinajstić information content (AvgIpc) is 3.15. The first-order valence-corrected chi connectivity index (χ1v) is 12.4. The van der Waals surface area contributed by atoms with Crippen molar-refractivity contribution in [3.05, 3.63) is 59.7 Å². The molecule has 0 radical (unpaired) electrons. The summed E-state index contributed by atoms with van der Waals surface area (Å²) in [6.45, 7) is 6.45. The lowest BCUT2D eigenvalue weighted by molar-refractivity contribution is -0.147. The Morgan fingerprint density at radius 1 is 1.06 bits per heavy atom. The van der Waals surface area contributed by atoms with Crippen LogP contribution in [-0.2, 0) is 14.3 Å². The second kappa shape index (κ2) is 10.5. The zero-order valence-electron chi connectivity index (χ0n) is 20.6. The normalized spacial score (nSPS) is 20.2. The molecule has 7 heteroatoms. The number of nitrogens with one attached hydrogen (secondary N) is 1. The van der Waals surface area contributed by atoms with Gasteiger partial charge in [0.05, 0.1) is 5.92 Å². The molecule has 7 nitrogen and oxygen atoms in total. The molecule has 1 heterocycles. The molecule has 2 N–H and O–H groups in total. The Morgan fingerprint density at radius 3 is 2.20 bits per heavy atom. The number of alkyl carbamates (subject to hydrolysis) is 1. The highest BCUT2D eigenvalue weighted by atomic mass is 16.5. The molecule has 2 aromatic rings. The molecule has 0 aromatic heterocycles. The van der Waals surface area contributed by atoms with Crippen molar-refractivity contribution in [2.75, 3.05) is 13.2 Å². The number of carboxylic acids is 1. The Labute approximate surface area is 206 Å². The highest BCUT2D eigenvalue weighted by Crippen LogP contribution is 2.44. The van der Waals surface area contributed by atoms with E-state index in [1.807, 2.05) is 45.0 Å². The van der Waals surface area contributed by atoms with E-state index in [-0.39, 0.29) is 42.9 Å². The van der Waals surface area contributed by atoms with Crippen molar-refractivity contribution in [2.24, 2.45) is 11.8 Å². The zero-order valence-corrected chi connectivity index (χ0v) is 20.6. The van der Waals surface area contributed by atoms with Crippen molar-refractivity contribution in [2.45, 2.75) is 58.0 Å². The SMILES string of the molecule is CC(C)[C@H](CC(=O)N1CCC(C(=O)O)CC1C)NC(=O)OCC1c2ccccc2-c2ccccc21. The Bertz CT molecular complexity index is 1050. The van der Waals surface area contributed by atoms with E-state index in [9.17, 15) is 19.5 Å². The van der Waals surface area contributed by atoms with Crippen molar-refractivity contribution in [3.63, 3.8) is 0 Å². The zero-order chi connectivity index (χ0) is 25.1. The van der Waals surface area contributed by atoms with Crippen LogP contribution in [0.1, 0.15) is 57.1 Å². The van der Waals surface area contributed by atoms with Gasteiger partial charge in [-0.05, 0) is 47.9 Å². The van der Waals surface area contributed by atoms with Gasteiger partial charge in [0, 0.05) is 31.0 Å². The molecule has 2 aromatic carbocycles. The summed E-state index contributed by atoms with van der Waals surface area (Å²) in [4.78, 5) is 38.8. The standard InChI is InChI=1S/C28H34N2O5/c1-17(2)25(15-26(31)30-13-12-19(27(32)33)14-18(30)3)29-28(34)35-16-24-22-10-6-4-8-20(22)21-9-5-7-11-23(21)24/h4-11,17-19,24-25H,12-16H2,1-3H3,(H,29,34)(H,32,33)/t18?,19?,25-/m0/s1. The maximum atomic E-state index is 13.0. The number of ether oxygens (including phenoxy) is 1. The monoisotopic (exact) mass is 478 g/mol. The first kappa shape index (κ1) is 24.8. The quantitative estimate of drug-likeness (QED) is 0.604. The van der Waals surface area contributed by atoms with Gasteiger partial charge in [0.1, 0.15) is 6.61 Å². The number of hydrogen-bond acceptors (Lipinski definition) is 4. The first-order valence-electron chi connectivity index (χ1n) is 12.4. The first-order chi connectivity index (χ1) is 16.8. The van der Waals surface area contributed by atoms with E-state index in [1.54, 1.807) is 4.90 Å². The summed E-state index contributed by atoms with van der Waals surface area (Å²) in [6, 6.07) is 15.8. The predicted octanol–water partition coefficient (Wildman–Crippen LogP) is 4.65. The number of hydrogen-bond donors (Lipinski definition) is 2. The summed E-state index contributed by atoms with van der Waals surface area (Å²) in [5.74, 6) is -1.27. The molecule has 1 saturated heterocycles. The third-order valence-corrected chi connectivity index (χ3v) is 7.39. The Hall–Kier alpha value is -3.35. The van der Waals surface area contributed by atoms with Crippen LogP contribution in [0.15, 0.2) is 48.5 Å². The van der Waals surface area contributed by atoms with E-state index in [1.165, 1.54) is 11.1 Å². The van der Waals surface area contributed by atoms with E-state index in [4.69, 9.17) is 4.74 Å². The smallest absolute Gasteiger partial charge is 0.407 e. The third-order valence-electron chi connectivity index (χ3n) is 7.39. The molecule has 186 valence electrons. The molecule has 3 atom stereocenters. The van der Waals surface area contributed by atoms with Crippen LogP contribution in [0, 0.1) is 11.8 Å². The maximum absolute atomic E-state index is 13.0. The van der Waals surface area contributed by atoms with Crippen LogP contribution in [0.4, 0.5) is 4.79 Å². The minimum Gasteiger partial charge on any atom is -0.481 e. The number of fused-ring (bicyclic) bond motifs is 3. The molecule has 2 amide bonds. The van der Waals surface area contributed by atoms with Gasteiger partial charge in [0.25, 0.3) is 0 Å². The summed E-state index contributed by atoms with van der Waals surface area (Å²) in [5.41, 5.74) is 4.64. The summed E-state index contributed by atoms with van der Waals surface area (Å²) in [5, 5.41) is 12.2.